The van der Waals surface area contributed by atoms with Crippen molar-refractivity contribution < 1.29 is 28.5 Å². The van der Waals surface area contributed by atoms with Crippen LogP contribution in [0, 0.1) is 11.3 Å². The number of hydrogen-bond acceptors (Lipinski definition) is 13. The fourth-order valence-electron chi connectivity index (χ4n) is 5.24. The van der Waals surface area contributed by atoms with Crippen LogP contribution in [0.1, 0.15) is 30.7 Å². The first-order valence-corrected chi connectivity index (χ1v) is 15.3. The molecule has 0 saturated heterocycles. The van der Waals surface area contributed by atoms with Crippen molar-refractivity contribution in [2.45, 2.75) is 29.5 Å². The molecule has 2 heterocycles. The molecule has 1 aliphatic heterocycles. The second kappa shape index (κ2) is 13.3. The summed E-state index contributed by atoms with van der Waals surface area (Å²) in [5.74, 6) is 1.15. The molecule has 5 rings (SSSR count). The molecule has 0 fully saturated rings. The highest BCUT2D eigenvalue weighted by molar-refractivity contribution is 8.01. The lowest BCUT2D eigenvalue weighted by atomic mass is 9.75. The molecule has 1 aliphatic carbocycles. The molecule has 1 amide bonds. The summed E-state index contributed by atoms with van der Waals surface area (Å²) in [6.45, 7) is 0. The number of benzene rings is 2. The van der Waals surface area contributed by atoms with E-state index in [2.05, 4.69) is 21.6 Å². The number of nitrogens with one attached hydrogen (secondary N) is 1. The Bertz CT molecular complexity index is 1690. The van der Waals surface area contributed by atoms with Crippen LogP contribution in [0.25, 0.3) is 0 Å². The van der Waals surface area contributed by atoms with Gasteiger partial charge in [-0.05, 0) is 43.2 Å². The van der Waals surface area contributed by atoms with E-state index in [4.69, 9.17) is 24.7 Å². The summed E-state index contributed by atoms with van der Waals surface area (Å²) in [5.41, 5.74) is 9.19. The van der Waals surface area contributed by atoms with Crippen LogP contribution in [0.2, 0.25) is 0 Å². The SMILES string of the molecule is COc1ccc(NC(=O)CSc2nnc(N3C(N)=C(C#N)C(c4cc(OC)c(OC)cc4OC)C4=C3CCCC4=O)s2)cc1. The Labute approximate surface area is 262 Å². The maximum absolute atomic E-state index is 13.6. The van der Waals surface area contributed by atoms with E-state index >= 15 is 0 Å². The van der Waals surface area contributed by atoms with Crippen LogP contribution >= 0.6 is 23.1 Å². The average molecular weight is 635 g/mol. The summed E-state index contributed by atoms with van der Waals surface area (Å²) in [6.07, 6.45) is 1.49. The number of aromatic nitrogens is 2. The minimum absolute atomic E-state index is 0.0901. The number of Topliss-reactive ketones (excluding diaryl/α,β-unsaturated/α-hetero) is 1. The lowest BCUT2D eigenvalue weighted by molar-refractivity contribution is -0.116. The molecule has 1 aromatic heterocycles. The smallest absolute Gasteiger partial charge is 0.234 e. The largest absolute Gasteiger partial charge is 0.497 e. The van der Waals surface area contributed by atoms with Crippen molar-refractivity contribution in [2.75, 3.05) is 44.4 Å². The van der Waals surface area contributed by atoms with Crippen LogP contribution in [-0.4, -0.2) is 56.1 Å². The number of nitrogens with zero attached hydrogens (tertiary/aromatic N) is 4. The number of amides is 1. The molecule has 0 bridgehead atoms. The van der Waals surface area contributed by atoms with E-state index < -0.39 is 5.92 Å². The molecule has 12 nitrogen and oxygen atoms in total. The monoisotopic (exact) mass is 634 g/mol. The standard InChI is InChI=1S/C30H30N6O6S2/c1-39-17-10-8-16(9-11-17)33-25(38)15-43-30-35-34-29(44-30)36-20-6-5-7-21(37)27(20)26(19(14-31)28(36)32)18-12-23(41-3)24(42-4)13-22(18)40-2/h8-13,26H,5-7,15,32H2,1-4H3,(H,33,38). The lowest BCUT2D eigenvalue weighted by Gasteiger charge is -2.38. The van der Waals surface area contributed by atoms with Crippen molar-refractivity contribution >= 4 is 45.6 Å². The van der Waals surface area contributed by atoms with Gasteiger partial charge in [0.1, 0.15) is 17.3 Å². The quantitative estimate of drug-likeness (QED) is 0.298. The number of ether oxygens (including phenoxy) is 4. The van der Waals surface area contributed by atoms with Crippen LogP contribution in [0.3, 0.4) is 0 Å². The zero-order valence-electron chi connectivity index (χ0n) is 24.5. The number of allylic oxidation sites excluding steroid dienone is 3. The van der Waals surface area contributed by atoms with E-state index in [9.17, 15) is 14.9 Å². The Morgan fingerprint density at radius 1 is 1.07 bits per heavy atom. The van der Waals surface area contributed by atoms with E-state index in [-0.39, 0.29) is 28.8 Å². The first-order valence-electron chi connectivity index (χ1n) is 13.5. The molecule has 1 atom stereocenters. The number of ketones is 1. The van der Waals surface area contributed by atoms with E-state index in [1.807, 2.05) is 0 Å². The predicted molar refractivity (Wildman–Crippen MR) is 166 cm³/mol. The molecule has 3 aromatic rings. The van der Waals surface area contributed by atoms with Gasteiger partial charge in [0.05, 0.1) is 51.8 Å². The molecule has 0 saturated carbocycles. The van der Waals surface area contributed by atoms with E-state index in [0.717, 1.165) is 0 Å². The summed E-state index contributed by atoms with van der Waals surface area (Å²) in [7, 11) is 6.11. The summed E-state index contributed by atoms with van der Waals surface area (Å²) < 4.78 is 22.3. The summed E-state index contributed by atoms with van der Waals surface area (Å²) in [6, 6.07) is 12.6. The van der Waals surface area contributed by atoms with Crippen LogP contribution in [0.5, 0.6) is 23.0 Å². The van der Waals surface area contributed by atoms with Crippen molar-refractivity contribution in [2.24, 2.45) is 5.73 Å². The highest BCUT2D eigenvalue weighted by Gasteiger charge is 2.42. The van der Waals surface area contributed by atoms with E-state index in [1.165, 1.54) is 44.4 Å². The van der Waals surface area contributed by atoms with Crippen LogP contribution in [0.15, 0.2) is 63.4 Å². The first kappa shape index (κ1) is 30.7. The van der Waals surface area contributed by atoms with Gasteiger partial charge in [0.25, 0.3) is 0 Å². The zero-order chi connectivity index (χ0) is 31.4. The number of anilines is 2. The topological polar surface area (TPSA) is 162 Å². The third-order valence-corrected chi connectivity index (χ3v) is 9.29. The fourth-order valence-corrected chi connectivity index (χ4v) is 6.92. The van der Waals surface area contributed by atoms with Gasteiger partial charge >= 0.3 is 0 Å². The highest BCUT2D eigenvalue weighted by Crippen LogP contribution is 2.50. The van der Waals surface area contributed by atoms with Crippen molar-refractivity contribution in [3.05, 3.63) is 64.6 Å². The normalized spacial score (nSPS) is 16.3. The van der Waals surface area contributed by atoms with Crippen molar-refractivity contribution in [1.29, 1.82) is 5.26 Å². The number of methoxy groups -OCH3 is 4. The van der Waals surface area contributed by atoms with Gasteiger partial charge in [0, 0.05) is 35.0 Å². The van der Waals surface area contributed by atoms with Gasteiger partial charge in [-0.15, -0.1) is 10.2 Å². The predicted octanol–water partition coefficient (Wildman–Crippen LogP) is 4.61. The van der Waals surface area contributed by atoms with Crippen LogP contribution in [0.4, 0.5) is 10.8 Å². The number of thioether (sulfide) groups is 1. The van der Waals surface area contributed by atoms with Gasteiger partial charge in [0.15, 0.2) is 21.6 Å². The minimum Gasteiger partial charge on any atom is -0.497 e. The van der Waals surface area contributed by atoms with Gasteiger partial charge in [-0.2, -0.15) is 5.26 Å². The Hall–Kier alpha value is -4.74. The second-order valence-corrected chi connectivity index (χ2v) is 11.9. The molecule has 14 heteroatoms. The number of hydrogen-bond donors (Lipinski definition) is 2. The average Bonchev–Trinajstić information content (AvgIpc) is 3.51. The second-order valence-electron chi connectivity index (χ2n) is 9.68. The maximum Gasteiger partial charge on any atom is 0.234 e. The van der Waals surface area contributed by atoms with Crippen molar-refractivity contribution in [1.82, 2.24) is 10.2 Å². The first-order chi connectivity index (χ1) is 21.3. The van der Waals surface area contributed by atoms with Crippen molar-refractivity contribution in [3.63, 3.8) is 0 Å². The molecule has 0 radical (unpaired) electrons. The molecule has 0 spiro atoms. The lowest BCUT2D eigenvalue weighted by Crippen LogP contribution is -2.38. The number of nitriles is 1. The Morgan fingerprint density at radius 3 is 2.43 bits per heavy atom. The van der Waals surface area contributed by atoms with Gasteiger partial charge in [-0.3, -0.25) is 14.5 Å². The molecular weight excluding hydrogens is 605 g/mol. The summed E-state index contributed by atoms with van der Waals surface area (Å²) in [5, 5.41) is 22.2. The summed E-state index contributed by atoms with van der Waals surface area (Å²) >= 11 is 2.44. The van der Waals surface area contributed by atoms with Gasteiger partial charge in [0.2, 0.25) is 11.0 Å². The van der Waals surface area contributed by atoms with Crippen LogP contribution in [-0.2, 0) is 9.59 Å². The zero-order valence-corrected chi connectivity index (χ0v) is 26.1. The fraction of sp³-hybridized carbons (Fsp3) is 0.300. The highest BCUT2D eigenvalue weighted by atomic mass is 32.2. The van der Waals surface area contributed by atoms with E-state index in [0.29, 0.717) is 74.3 Å². The molecule has 228 valence electrons. The third kappa shape index (κ3) is 5.88. The molecule has 44 heavy (non-hydrogen) atoms. The third-order valence-electron chi connectivity index (χ3n) is 7.25. The molecule has 3 N–H and O–H groups in total. The van der Waals surface area contributed by atoms with Crippen molar-refractivity contribution in [3.8, 4) is 29.1 Å². The number of nitrogens with two attached hydrogens (primary N) is 1. The van der Waals surface area contributed by atoms with Gasteiger partial charge < -0.3 is 30.0 Å². The molecule has 1 unspecified atom stereocenters. The Morgan fingerprint density at radius 2 is 1.77 bits per heavy atom. The van der Waals surface area contributed by atoms with Gasteiger partial charge in [-0.25, -0.2) is 0 Å². The molecule has 2 aromatic carbocycles. The Balaban J connectivity index is 1.46. The number of carbonyl (C=O) groups excluding carboxylic acids is 2. The minimum atomic E-state index is -0.780. The van der Waals surface area contributed by atoms with E-state index in [1.54, 1.807) is 48.4 Å². The van der Waals surface area contributed by atoms with Crippen LogP contribution < -0.4 is 34.9 Å². The number of rotatable bonds is 10. The molecular formula is C30H30N6O6S2. The Kier molecular flexibility index (Phi) is 9.26. The summed E-state index contributed by atoms with van der Waals surface area (Å²) in [4.78, 5) is 27.8. The maximum atomic E-state index is 13.6. The number of carbonyl (C=O) groups is 2. The van der Waals surface area contributed by atoms with Gasteiger partial charge in [-0.1, -0.05) is 23.1 Å². The molecule has 2 aliphatic rings.